The summed E-state index contributed by atoms with van der Waals surface area (Å²) in [6, 6.07) is 5.29. The zero-order valence-corrected chi connectivity index (χ0v) is 12.2. The molecule has 1 saturated heterocycles. The van der Waals surface area contributed by atoms with E-state index in [9.17, 15) is 4.79 Å². The van der Waals surface area contributed by atoms with Gasteiger partial charge in [-0.05, 0) is 37.8 Å². The molecule has 0 radical (unpaired) electrons. The minimum atomic E-state index is 0.125. The van der Waals surface area contributed by atoms with Crippen LogP contribution in [0.1, 0.15) is 42.5 Å². The van der Waals surface area contributed by atoms with E-state index in [0.717, 1.165) is 32.3 Å². The van der Waals surface area contributed by atoms with Crippen molar-refractivity contribution < 1.29 is 19.0 Å². The van der Waals surface area contributed by atoms with Crippen LogP contribution >= 0.6 is 0 Å². The highest BCUT2D eigenvalue weighted by atomic mass is 16.5. The van der Waals surface area contributed by atoms with Crippen molar-refractivity contribution in [2.24, 2.45) is 0 Å². The van der Waals surface area contributed by atoms with E-state index in [1.54, 1.807) is 32.4 Å². The molecule has 0 spiro atoms. The molecule has 4 heteroatoms. The molecule has 20 heavy (non-hydrogen) atoms. The zero-order chi connectivity index (χ0) is 14.4. The first-order chi connectivity index (χ1) is 9.72. The van der Waals surface area contributed by atoms with Crippen LogP contribution in [0.2, 0.25) is 0 Å². The molecule has 1 aliphatic rings. The maximum absolute atomic E-state index is 12.2. The normalized spacial score (nSPS) is 18.0. The van der Waals surface area contributed by atoms with Gasteiger partial charge in [0.05, 0.1) is 20.3 Å². The van der Waals surface area contributed by atoms with Gasteiger partial charge in [-0.25, -0.2) is 0 Å². The fourth-order valence-corrected chi connectivity index (χ4v) is 2.48. The Morgan fingerprint density at radius 1 is 1.25 bits per heavy atom. The highest BCUT2D eigenvalue weighted by molar-refractivity contribution is 5.96. The molecule has 4 nitrogen and oxygen atoms in total. The number of carbonyl (C=O) groups is 1. The van der Waals surface area contributed by atoms with Gasteiger partial charge in [0, 0.05) is 24.7 Å². The summed E-state index contributed by atoms with van der Waals surface area (Å²) in [6.07, 6.45) is 4.99. The number of carbonyl (C=O) groups excluding carboxylic acids is 1. The molecule has 1 fully saturated rings. The number of methoxy groups -OCH3 is 2. The highest BCUT2D eigenvalue weighted by Gasteiger charge is 2.16. The number of hydrogen-bond acceptors (Lipinski definition) is 4. The summed E-state index contributed by atoms with van der Waals surface area (Å²) in [5.41, 5.74) is 0.647. The Kier molecular flexibility index (Phi) is 5.41. The molecule has 0 amide bonds. The van der Waals surface area contributed by atoms with Crippen molar-refractivity contribution in [3.8, 4) is 11.5 Å². The van der Waals surface area contributed by atoms with Crippen LogP contribution < -0.4 is 9.47 Å². The number of ether oxygens (including phenoxy) is 3. The second kappa shape index (κ2) is 7.29. The van der Waals surface area contributed by atoms with Crippen molar-refractivity contribution in [2.45, 2.75) is 38.2 Å². The SMILES string of the molecule is COc1cc(OC)cc(C(=O)CCCC2CCCO2)c1. The van der Waals surface area contributed by atoms with Crippen molar-refractivity contribution in [3.63, 3.8) is 0 Å². The Balaban J connectivity index is 1.90. The van der Waals surface area contributed by atoms with E-state index >= 15 is 0 Å². The molecule has 0 aliphatic carbocycles. The van der Waals surface area contributed by atoms with Crippen LogP contribution in [0, 0.1) is 0 Å². The third kappa shape index (κ3) is 3.97. The van der Waals surface area contributed by atoms with Gasteiger partial charge in [0.25, 0.3) is 0 Å². The van der Waals surface area contributed by atoms with Crippen LogP contribution in [0.3, 0.4) is 0 Å². The van der Waals surface area contributed by atoms with E-state index < -0.39 is 0 Å². The Hall–Kier alpha value is -1.55. The predicted molar refractivity (Wildman–Crippen MR) is 76.7 cm³/mol. The molecule has 0 saturated carbocycles. The Morgan fingerprint density at radius 2 is 1.95 bits per heavy atom. The van der Waals surface area contributed by atoms with Crippen molar-refractivity contribution in [2.75, 3.05) is 20.8 Å². The van der Waals surface area contributed by atoms with E-state index in [0.29, 0.717) is 29.6 Å². The molecular weight excluding hydrogens is 256 g/mol. The number of ketones is 1. The van der Waals surface area contributed by atoms with Gasteiger partial charge in [-0.3, -0.25) is 4.79 Å². The lowest BCUT2D eigenvalue weighted by Crippen LogP contribution is -2.07. The Bertz CT molecular complexity index is 428. The molecule has 0 bridgehead atoms. The van der Waals surface area contributed by atoms with E-state index in [1.807, 2.05) is 0 Å². The molecule has 1 aromatic carbocycles. The van der Waals surface area contributed by atoms with E-state index in [4.69, 9.17) is 14.2 Å². The average Bonchev–Trinajstić information content (AvgIpc) is 2.99. The molecule has 1 atom stereocenters. The third-order valence-electron chi connectivity index (χ3n) is 3.63. The fraction of sp³-hybridized carbons (Fsp3) is 0.562. The van der Waals surface area contributed by atoms with Gasteiger partial charge in [0.2, 0.25) is 0 Å². The molecule has 1 unspecified atom stereocenters. The topological polar surface area (TPSA) is 44.8 Å². The smallest absolute Gasteiger partial charge is 0.163 e. The van der Waals surface area contributed by atoms with Gasteiger partial charge in [0.15, 0.2) is 5.78 Å². The van der Waals surface area contributed by atoms with Crippen molar-refractivity contribution in [3.05, 3.63) is 23.8 Å². The summed E-state index contributed by atoms with van der Waals surface area (Å²) in [5, 5.41) is 0. The lowest BCUT2D eigenvalue weighted by molar-refractivity contribution is 0.0922. The van der Waals surface area contributed by atoms with Crippen LogP contribution in [0.25, 0.3) is 0 Å². The van der Waals surface area contributed by atoms with Gasteiger partial charge in [-0.2, -0.15) is 0 Å². The summed E-state index contributed by atoms with van der Waals surface area (Å²) in [5.74, 6) is 1.42. The van der Waals surface area contributed by atoms with Gasteiger partial charge < -0.3 is 14.2 Å². The first kappa shape index (κ1) is 14.9. The van der Waals surface area contributed by atoms with E-state index in [-0.39, 0.29) is 5.78 Å². The molecule has 1 aromatic rings. The monoisotopic (exact) mass is 278 g/mol. The number of rotatable bonds is 7. The summed E-state index contributed by atoms with van der Waals surface area (Å²) in [4.78, 5) is 12.2. The van der Waals surface area contributed by atoms with Crippen LogP contribution in [0.15, 0.2) is 18.2 Å². The molecule has 0 N–H and O–H groups in total. The largest absolute Gasteiger partial charge is 0.497 e. The van der Waals surface area contributed by atoms with Crippen molar-refractivity contribution >= 4 is 5.78 Å². The van der Waals surface area contributed by atoms with Crippen molar-refractivity contribution in [1.82, 2.24) is 0 Å². The van der Waals surface area contributed by atoms with Crippen LogP contribution in [-0.2, 0) is 4.74 Å². The maximum atomic E-state index is 12.2. The summed E-state index contributed by atoms with van der Waals surface area (Å²) in [7, 11) is 3.17. The third-order valence-corrected chi connectivity index (χ3v) is 3.63. The number of benzene rings is 1. The molecule has 1 heterocycles. The second-order valence-electron chi connectivity index (χ2n) is 5.05. The fourth-order valence-electron chi connectivity index (χ4n) is 2.48. The lowest BCUT2D eigenvalue weighted by Gasteiger charge is -2.10. The van der Waals surface area contributed by atoms with Crippen LogP contribution in [0.4, 0.5) is 0 Å². The summed E-state index contributed by atoms with van der Waals surface area (Å²) in [6.45, 7) is 0.867. The first-order valence-electron chi connectivity index (χ1n) is 7.11. The van der Waals surface area contributed by atoms with Gasteiger partial charge in [0.1, 0.15) is 11.5 Å². The first-order valence-corrected chi connectivity index (χ1v) is 7.11. The average molecular weight is 278 g/mol. The van der Waals surface area contributed by atoms with Gasteiger partial charge >= 0.3 is 0 Å². The zero-order valence-electron chi connectivity index (χ0n) is 12.2. The standard InChI is InChI=1S/C16H22O4/c1-18-14-9-12(10-15(11-14)19-2)16(17)7-3-5-13-6-4-8-20-13/h9-11,13H,3-8H2,1-2H3. The molecular formula is C16H22O4. The molecule has 1 aliphatic heterocycles. The van der Waals surface area contributed by atoms with Gasteiger partial charge in [-0.15, -0.1) is 0 Å². The maximum Gasteiger partial charge on any atom is 0.163 e. The molecule has 0 aromatic heterocycles. The minimum absolute atomic E-state index is 0.125. The summed E-state index contributed by atoms with van der Waals surface area (Å²) >= 11 is 0. The van der Waals surface area contributed by atoms with E-state index in [2.05, 4.69) is 0 Å². The molecule has 2 rings (SSSR count). The number of hydrogen-bond donors (Lipinski definition) is 0. The lowest BCUT2D eigenvalue weighted by atomic mass is 10.0. The van der Waals surface area contributed by atoms with Crippen LogP contribution in [0.5, 0.6) is 11.5 Å². The predicted octanol–water partition coefficient (Wildman–Crippen LogP) is 3.24. The highest BCUT2D eigenvalue weighted by Crippen LogP contribution is 2.24. The quantitative estimate of drug-likeness (QED) is 0.718. The second-order valence-corrected chi connectivity index (χ2v) is 5.05. The van der Waals surface area contributed by atoms with Crippen molar-refractivity contribution in [1.29, 1.82) is 0 Å². The van der Waals surface area contributed by atoms with Gasteiger partial charge in [-0.1, -0.05) is 0 Å². The minimum Gasteiger partial charge on any atom is -0.497 e. The summed E-state index contributed by atoms with van der Waals surface area (Å²) < 4.78 is 15.9. The Morgan fingerprint density at radius 3 is 2.50 bits per heavy atom. The molecule has 110 valence electrons. The number of Topliss-reactive ketones (excluding diaryl/α,β-unsaturated/α-hetero) is 1. The van der Waals surface area contributed by atoms with Crippen LogP contribution in [-0.4, -0.2) is 32.7 Å². The van der Waals surface area contributed by atoms with E-state index in [1.165, 1.54) is 0 Å². The Labute approximate surface area is 120 Å².